The Bertz CT molecular complexity index is 452. The van der Waals surface area contributed by atoms with Crippen LogP contribution in [0.1, 0.15) is 30.4 Å². The van der Waals surface area contributed by atoms with Crippen molar-refractivity contribution in [2.45, 2.75) is 32.2 Å². The van der Waals surface area contributed by atoms with Gasteiger partial charge in [0, 0.05) is 24.7 Å². The van der Waals surface area contributed by atoms with E-state index in [0.29, 0.717) is 18.4 Å². The number of carbonyl (C=O) groups is 1. The number of fused-ring (bicyclic) bond motifs is 1. The summed E-state index contributed by atoms with van der Waals surface area (Å²) >= 11 is 0. The third-order valence-electron chi connectivity index (χ3n) is 4.08. The van der Waals surface area contributed by atoms with Gasteiger partial charge in [0.15, 0.2) is 0 Å². The second-order valence-corrected chi connectivity index (χ2v) is 5.12. The van der Waals surface area contributed by atoms with Gasteiger partial charge in [-0.05, 0) is 36.5 Å². The molecule has 1 aliphatic carbocycles. The summed E-state index contributed by atoms with van der Waals surface area (Å²) in [5.41, 5.74) is 9.28. The Balaban J connectivity index is 1.79. The third-order valence-corrected chi connectivity index (χ3v) is 4.08. The van der Waals surface area contributed by atoms with E-state index in [2.05, 4.69) is 6.07 Å². The van der Waals surface area contributed by atoms with Crippen molar-refractivity contribution in [3.8, 4) is 0 Å². The highest BCUT2D eigenvalue weighted by molar-refractivity contribution is 5.80. The van der Waals surface area contributed by atoms with Crippen LogP contribution in [0.15, 0.2) is 18.2 Å². The fourth-order valence-electron chi connectivity index (χ4n) is 2.71. The monoisotopic (exact) mass is 230 g/mol. The molecule has 0 aromatic heterocycles. The van der Waals surface area contributed by atoms with Crippen LogP contribution in [0.5, 0.6) is 0 Å². The lowest BCUT2D eigenvalue weighted by Gasteiger charge is -2.35. The molecule has 3 heteroatoms. The van der Waals surface area contributed by atoms with Crippen LogP contribution in [-0.2, 0) is 17.8 Å². The Morgan fingerprint density at radius 1 is 1.35 bits per heavy atom. The number of hydrogen-bond acceptors (Lipinski definition) is 2. The number of carbonyl (C=O) groups excluding carboxylic acids is 1. The van der Waals surface area contributed by atoms with Crippen LogP contribution < -0.4 is 5.73 Å². The van der Waals surface area contributed by atoms with Gasteiger partial charge < -0.3 is 10.6 Å². The lowest BCUT2D eigenvalue weighted by Crippen LogP contribution is -2.41. The number of anilines is 1. The zero-order valence-corrected chi connectivity index (χ0v) is 9.98. The first-order valence-electron chi connectivity index (χ1n) is 6.41. The van der Waals surface area contributed by atoms with E-state index in [-0.39, 0.29) is 0 Å². The Morgan fingerprint density at radius 2 is 2.18 bits per heavy atom. The molecule has 1 fully saturated rings. The minimum atomic E-state index is 0.293. The van der Waals surface area contributed by atoms with Crippen LogP contribution in [-0.4, -0.2) is 17.4 Å². The number of rotatable bonds is 1. The summed E-state index contributed by atoms with van der Waals surface area (Å²) in [4.78, 5) is 14.2. The van der Waals surface area contributed by atoms with Gasteiger partial charge >= 0.3 is 0 Å². The SMILES string of the molecule is Nc1cccc2c1CN(C(=O)C1CCC1)CC2. The second-order valence-electron chi connectivity index (χ2n) is 5.12. The zero-order valence-electron chi connectivity index (χ0n) is 9.98. The van der Waals surface area contributed by atoms with E-state index in [9.17, 15) is 4.79 Å². The van der Waals surface area contributed by atoms with Crippen LogP contribution in [0.2, 0.25) is 0 Å². The summed E-state index contributed by atoms with van der Waals surface area (Å²) in [5, 5.41) is 0. The highest BCUT2D eigenvalue weighted by Crippen LogP contribution is 2.31. The fourth-order valence-corrected chi connectivity index (χ4v) is 2.71. The fraction of sp³-hybridized carbons (Fsp3) is 0.500. The minimum absolute atomic E-state index is 0.293. The van der Waals surface area contributed by atoms with E-state index >= 15 is 0 Å². The molecule has 0 bridgehead atoms. The number of nitrogens with two attached hydrogens (primary N) is 1. The predicted molar refractivity (Wildman–Crippen MR) is 67.3 cm³/mol. The number of amides is 1. The molecule has 0 atom stereocenters. The van der Waals surface area contributed by atoms with E-state index in [1.54, 1.807) is 0 Å². The molecule has 1 saturated carbocycles. The van der Waals surface area contributed by atoms with Gasteiger partial charge in [0.2, 0.25) is 5.91 Å². The standard InChI is InChI=1S/C14H18N2O/c15-13-6-2-3-10-7-8-16(9-12(10)13)14(17)11-4-1-5-11/h2-3,6,11H,1,4-5,7-9,15H2. The minimum Gasteiger partial charge on any atom is -0.398 e. The Kier molecular flexibility index (Phi) is 2.54. The van der Waals surface area contributed by atoms with E-state index < -0.39 is 0 Å². The molecule has 90 valence electrons. The topological polar surface area (TPSA) is 46.3 Å². The maximum absolute atomic E-state index is 12.2. The summed E-state index contributed by atoms with van der Waals surface area (Å²) in [6.07, 6.45) is 4.31. The van der Waals surface area contributed by atoms with Crippen LogP contribution >= 0.6 is 0 Å². The molecule has 2 aliphatic rings. The molecule has 3 rings (SSSR count). The van der Waals surface area contributed by atoms with E-state index in [1.807, 2.05) is 17.0 Å². The largest absolute Gasteiger partial charge is 0.398 e. The molecule has 0 radical (unpaired) electrons. The normalized spacial score (nSPS) is 19.6. The molecule has 0 spiro atoms. The molecule has 1 aromatic rings. The van der Waals surface area contributed by atoms with Gasteiger partial charge in [-0.15, -0.1) is 0 Å². The smallest absolute Gasteiger partial charge is 0.225 e. The molecule has 0 unspecified atom stereocenters. The first-order chi connectivity index (χ1) is 8.25. The Morgan fingerprint density at radius 3 is 2.88 bits per heavy atom. The number of hydrogen-bond donors (Lipinski definition) is 1. The summed E-state index contributed by atoms with van der Waals surface area (Å²) in [5.74, 6) is 0.631. The second kappa shape index (κ2) is 4.06. The molecule has 1 aliphatic heterocycles. The van der Waals surface area contributed by atoms with Gasteiger partial charge in [0.05, 0.1) is 0 Å². The quantitative estimate of drug-likeness (QED) is 0.750. The summed E-state index contributed by atoms with van der Waals surface area (Å²) in [6, 6.07) is 6.05. The van der Waals surface area contributed by atoms with Gasteiger partial charge in [-0.3, -0.25) is 4.79 Å². The molecule has 0 saturated heterocycles. The molecular formula is C14H18N2O. The maximum Gasteiger partial charge on any atom is 0.225 e. The summed E-state index contributed by atoms with van der Waals surface area (Å²) < 4.78 is 0. The highest BCUT2D eigenvalue weighted by atomic mass is 16.2. The van der Waals surface area contributed by atoms with Gasteiger partial charge in [-0.2, -0.15) is 0 Å². The molecule has 2 N–H and O–H groups in total. The van der Waals surface area contributed by atoms with Crippen molar-refractivity contribution in [3.63, 3.8) is 0 Å². The summed E-state index contributed by atoms with van der Waals surface area (Å²) in [7, 11) is 0. The van der Waals surface area contributed by atoms with E-state index in [4.69, 9.17) is 5.73 Å². The van der Waals surface area contributed by atoms with Crippen LogP contribution in [0.4, 0.5) is 5.69 Å². The lowest BCUT2D eigenvalue weighted by atomic mass is 9.83. The zero-order chi connectivity index (χ0) is 11.8. The van der Waals surface area contributed by atoms with E-state index in [0.717, 1.165) is 37.1 Å². The number of nitrogen functional groups attached to an aromatic ring is 1. The van der Waals surface area contributed by atoms with Crippen molar-refractivity contribution in [1.29, 1.82) is 0 Å². The number of nitrogens with zero attached hydrogens (tertiary/aromatic N) is 1. The van der Waals surface area contributed by atoms with Crippen LogP contribution in [0, 0.1) is 5.92 Å². The molecular weight excluding hydrogens is 212 g/mol. The van der Waals surface area contributed by atoms with Gasteiger partial charge in [-0.25, -0.2) is 0 Å². The average Bonchev–Trinajstić information content (AvgIpc) is 2.27. The van der Waals surface area contributed by atoms with Crippen molar-refractivity contribution < 1.29 is 4.79 Å². The molecule has 17 heavy (non-hydrogen) atoms. The highest BCUT2D eigenvalue weighted by Gasteiger charge is 2.31. The van der Waals surface area contributed by atoms with Crippen LogP contribution in [0.25, 0.3) is 0 Å². The first-order valence-corrected chi connectivity index (χ1v) is 6.41. The van der Waals surface area contributed by atoms with Gasteiger partial charge in [0.25, 0.3) is 0 Å². The lowest BCUT2D eigenvalue weighted by molar-refractivity contribution is -0.139. The van der Waals surface area contributed by atoms with Crippen molar-refractivity contribution in [1.82, 2.24) is 4.90 Å². The number of benzene rings is 1. The van der Waals surface area contributed by atoms with E-state index in [1.165, 1.54) is 12.0 Å². The van der Waals surface area contributed by atoms with Crippen LogP contribution in [0.3, 0.4) is 0 Å². The molecule has 3 nitrogen and oxygen atoms in total. The molecule has 1 heterocycles. The predicted octanol–water partition coefficient (Wildman–Crippen LogP) is 1.95. The Labute approximate surface area is 102 Å². The maximum atomic E-state index is 12.2. The van der Waals surface area contributed by atoms with Gasteiger partial charge in [0.1, 0.15) is 0 Å². The first kappa shape index (κ1) is 10.6. The van der Waals surface area contributed by atoms with Crippen molar-refractivity contribution in [2.75, 3.05) is 12.3 Å². The Hall–Kier alpha value is -1.51. The molecule has 1 amide bonds. The van der Waals surface area contributed by atoms with Crippen molar-refractivity contribution in [2.24, 2.45) is 5.92 Å². The van der Waals surface area contributed by atoms with Crippen molar-refractivity contribution >= 4 is 11.6 Å². The third kappa shape index (κ3) is 1.79. The summed E-state index contributed by atoms with van der Waals surface area (Å²) in [6.45, 7) is 1.56. The van der Waals surface area contributed by atoms with Gasteiger partial charge in [-0.1, -0.05) is 18.6 Å². The average molecular weight is 230 g/mol. The molecule has 1 aromatic carbocycles. The van der Waals surface area contributed by atoms with Crippen molar-refractivity contribution in [3.05, 3.63) is 29.3 Å².